The third kappa shape index (κ3) is 4.79. The number of nitrogens with zero attached hydrogens (tertiary/aromatic N) is 4. The van der Waals surface area contributed by atoms with Crippen molar-refractivity contribution in [2.75, 3.05) is 21.3 Å². The standard InChI is InChI=1S/C38H34N4O4/c1-23-24(2)37(44-5)36(38(45-6)25(23)3)26-21-40-41(22-26)27-10-9-11-29(18-27)46-30-14-15-32-31-12-7-8-13-33(31)42(34(32)19-30)35-20-28(43-4)16-17-39-35/h7-22H,1-6H3. The van der Waals surface area contributed by atoms with Gasteiger partial charge in [-0.05, 0) is 73.9 Å². The topological polar surface area (TPSA) is 72.6 Å². The van der Waals surface area contributed by atoms with Gasteiger partial charge in [-0.25, -0.2) is 9.67 Å². The average molecular weight is 611 g/mol. The summed E-state index contributed by atoms with van der Waals surface area (Å²) in [4.78, 5) is 4.66. The number of hydrogen-bond acceptors (Lipinski definition) is 6. The van der Waals surface area contributed by atoms with E-state index in [0.29, 0.717) is 11.5 Å². The number of aromatic nitrogens is 4. The summed E-state index contributed by atoms with van der Waals surface area (Å²) in [5.74, 6) is 4.48. The van der Waals surface area contributed by atoms with Crippen LogP contribution in [0.5, 0.6) is 28.7 Å². The lowest BCUT2D eigenvalue weighted by Gasteiger charge is -2.19. The number of fused-ring (bicyclic) bond motifs is 3. The molecule has 0 N–H and O–H groups in total. The Morgan fingerprint density at radius 1 is 0.630 bits per heavy atom. The minimum absolute atomic E-state index is 0.688. The van der Waals surface area contributed by atoms with Crippen LogP contribution in [0.15, 0.2) is 97.5 Å². The second-order valence-corrected chi connectivity index (χ2v) is 11.2. The van der Waals surface area contributed by atoms with Crippen LogP contribution in [0, 0.1) is 20.8 Å². The van der Waals surface area contributed by atoms with Crippen LogP contribution < -0.4 is 18.9 Å². The second-order valence-electron chi connectivity index (χ2n) is 11.2. The van der Waals surface area contributed by atoms with Gasteiger partial charge in [0.05, 0.1) is 49.8 Å². The number of para-hydroxylation sites is 1. The number of benzene rings is 4. The summed E-state index contributed by atoms with van der Waals surface area (Å²) >= 11 is 0. The minimum Gasteiger partial charge on any atom is -0.497 e. The monoisotopic (exact) mass is 610 g/mol. The van der Waals surface area contributed by atoms with Crippen LogP contribution >= 0.6 is 0 Å². The fraction of sp³-hybridized carbons (Fsp3) is 0.158. The Bertz CT molecular complexity index is 2220. The molecule has 0 bridgehead atoms. The van der Waals surface area contributed by atoms with Crippen molar-refractivity contribution >= 4 is 21.8 Å². The summed E-state index contributed by atoms with van der Waals surface area (Å²) in [6.07, 6.45) is 5.58. The number of rotatable bonds is 8. The van der Waals surface area contributed by atoms with Gasteiger partial charge in [-0.15, -0.1) is 0 Å². The number of methoxy groups -OCH3 is 3. The van der Waals surface area contributed by atoms with Gasteiger partial charge in [0.15, 0.2) is 0 Å². The average Bonchev–Trinajstić information content (AvgIpc) is 3.70. The van der Waals surface area contributed by atoms with Gasteiger partial charge in [-0.2, -0.15) is 5.10 Å². The lowest BCUT2D eigenvalue weighted by molar-refractivity contribution is 0.393. The quantitative estimate of drug-likeness (QED) is 0.171. The van der Waals surface area contributed by atoms with Crippen molar-refractivity contribution in [3.63, 3.8) is 0 Å². The van der Waals surface area contributed by atoms with Crippen molar-refractivity contribution in [3.8, 4) is 51.4 Å². The highest BCUT2D eigenvalue weighted by Gasteiger charge is 2.22. The highest BCUT2D eigenvalue weighted by atomic mass is 16.5. The first-order valence-electron chi connectivity index (χ1n) is 15.0. The molecule has 0 aliphatic carbocycles. The molecule has 3 aromatic heterocycles. The lowest BCUT2D eigenvalue weighted by atomic mass is 9.94. The SMILES string of the molecule is COc1ccnc(-n2c3ccccc3c3ccc(Oc4cccc(-n5cc(-c6c(OC)c(C)c(C)c(C)c6OC)cn5)c4)cc32)c1. The van der Waals surface area contributed by atoms with Gasteiger partial charge in [-0.3, -0.25) is 4.57 Å². The van der Waals surface area contributed by atoms with Crippen LogP contribution in [0.1, 0.15) is 16.7 Å². The van der Waals surface area contributed by atoms with Gasteiger partial charge in [0, 0.05) is 46.9 Å². The maximum atomic E-state index is 6.45. The van der Waals surface area contributed by atoms with Crippen molar-refractivity contribution in [2.24, 2.45) is 0 Å². The summed E-state index contributed by atoms with van der Waals surface area (Å²) in [5, 5.41) is 6.94. The molecule has 0 saturated heterocycles. The van der Waals surface area contributed by atoms with Crippen molar-refractivity contribution in [1.82, 2.24) is 19.3 Å². The molecule has 46 heavy (non-hydrogen) atoms. The number of pyridine rings is 1. The van der Waals surface area contributed by atoms with Crippen molar-refractivity contribution in [2.45, 2.75) is 20.8 Å². The maximum Gasteiger partial charge on any atom is 0.141 e. The predicted octanol–water partition coefficient (Wildman–Crippen LogP) is 8.77. The van der Waals surface area contributed by atoms with Gasteiger partial charge in [0.25, 0.3) is 0 Å². The number of hydrogen-bond donors (Lipinski definition) is 0. The van der Waals surface area contributed by atoms with E-state index in [1.807, 2.05) is 65.6 Å². The summed E-state index contributed by atoms with van der Waals surface area (Å²) in [6, 6.07) is 26.1. The minimum atomic E-state index is 0.688. The van der Waals surface area contributed by atoms with Crippen molar-refractivity contribution in [3.05, 3.63) is 114 Å². The normalized spacial score (nSPS) is 11.3. The van der Waals surface area contributed by atoms with Crippen LogP contribution in [0.25, 0.3) is 44.4 Å². The Hall–Kier alpha value is -5.76. The molecule has 0 radical (unpaired) electrons. The first-order chi connectivity index (χ1) is 22.4. The molecular formula is C38H34N4O4. The van der Waals surface area contributed by atoms with Crippen LogP contribution in [0.2, 0.25) is 0 Å². The zero-order chi connectivity index (χ0) is 31.9. The largest absolute Gasteiger partial charge is 0.497 e. The molecule has 0 spiro atoms. The van der Waals surface area contributed by atoms with Gasteiger partial charge in [-0.1, -0.05) is 24.3 Å². The summed E-state index contributed by atoms with van der Waals surface area (Å²) < 4.78 is 27.6. The molecule has 4 aromatic carbocycles. The lowest BCUT2D eigenvalue weighted by Crippen LogP contribution is -2.01. The molecular weight excluding hydrogens is 576 g/mol. The first-order valence-corrected chi connectivity index (χ1v) is 15.0. The zero-order valence-corrected chi connectivity index (χ0v) is 26.7. The Morgan fingerprint density at radius 2 is 1.37 bits per heavy atom. The second kappa shape index (κ2) is 11.6. The van der Waals surface area contributed by atoms with Crippen molar-refractivity contribution < 1.29 is 18.9 Å². The van der Waals surface area contributed by atoms with E-state index in [2.05, 4.69) is 60.7 Å². The summed E-state index contributed by atoms with van der Waals surface area (Å²) in [5.41, 5.74) is 7.99. The smallest absolute Gasteiger partial charge is 0.141 e. The fourth-order valence-electron chi connectivity index (χ4n) is 6.20. The molecule has 0 unspecified atom stereocenters. The Labute approximate surface area is 267 Å². The molecule has 0 aliphatic rings. The molecule has 8 nitrogen and oxygen atoms in total. The van der Waals surface area contributed by atoms with Crippen LogP contribution in [-0.2, 0) is 0 Å². The molecule has 3 heterocycles. The summed E-state index contributed by atoms with van der Waals surface area (Å²) in [7, 11) is 5.04. The molecule has 8 heteroatoms. The van der Waals surface area contributed by atoms with Gasteiger partial charge in [0.1, 0.15) is 34.6 Å². The van der Waals surface area contributed by atoms with E-state index in [9.17, 15) is 0 Å². The van der Waals surface area contributed by atoms with Crippen LogP contribution in [0.3, 0.4) is 0 Å². The van der Waals surface area contributed by atoms with Crippen LogP contribution in [-0.4, -0.2) is 40.7 Å². The molecule has 7 rings (SSSR count). The highest BCUT2D eigenvalue weighted by Crippen LogP contribution is 2.45. The van der Waals surface area contributed by atoms with E-state index in [-0.39, 0.29) is 0 Å². The molecule has 0 aliphatic heterocycles. The Kier molecular flexibility index (Phi) is 7.33. The van der Waals surface area contributed by atoms with Gasteiger partial charge >= 0.3 is 0 Å². The van der Waals surface area contributed by atoms with E-state index in [0.717, 1.165) is 78.4 Å². The van der Waals surface area contributed by atoms with Crippen LogP contribution in [0.4, 0.5) is 0 Å². The zero-order valence-electron chi connectivity index (χ0n) is 26.7. The maximum absolute atomic E-state index is 6.45. The Morgan fingerprint density at radius 3 is 2.13 bits per heavy atom. The fourth-order valence-corrected chi connectivity index (χ4v) is 6.20. The molecule has 0 saturated carbocycles. The van der Waals surface area contributed by atoms with E-state index >= 15 is 0 Å². The van der Waals surface area contributed by atoms with Crippen molar-refractivity contribution in [1.29, 1.82) is 0 Å². The van der Waals surface area contributed by atoms with E-state index in [1.165, 1.54) is 0 Å². The third-order valence-electron chi connectivity index (χ3n) is 8.68. The highest BCUT2D eigenvalue weighted by molar-refractivity contribution is 6.09. The third-order valence-corrected chi connectivity index (χ3v) is 8.68. The van der Waals surface area contributed by atoms with Gasteiger partial charge in [0.2, 0.25) is 0 Å². The predicted molar refractivity (Wildman–Crippen MR) is 182 cm³/mol. The number of ether oxygens (including phenoxy) is 4. The molecule has 0 atom stereocenters. The van der Waals surface area contributed by atoms with E-state index in [4.69, 9.17) is 24.0 Å². The molecule has 0 fully saturated rings. The molecule has 7 aromatic rings. The summed E-state index contributed by atoms with van der Waals surface area (Å²) in [6.45, 7) is 6.22. The molecule has 230 valence electrons. The van der Waals surface area contributed by atoms with Gasteiger partial charge < -0.3 is 18.9 Å². The first kappa shape index (κ1) is 29.0. The van der Waals surface area contributed by atoms with E-state index < -0.39 is 0 Å². The molecule has 0 amide bonds. The Balaban J connectivity index is 1.26. The van der Waals surface area contributed by atoms with E-state index in [1.54, 1.807) is 27.5 Å².